The zero-order chi connectivity index (χ0) is 15.9. The van der Waals surface area contributed by atoms with E-state index in [1.807, 2.05) is 24.1 Å². The largest absolute Gasteiger partial charge is 0.394 e. The molecule has 1 aliphatic rings. The van der Waals surface area contributed by atoms with Crippen LogP contribution in [0.2, 0.25) is 0 Å². The topological polar surface area (TPSA) is 49.6 Å². The lowest BCUT2D eigenvalue weighted by atomic mass is 10.1. The molecule has 0 aliphatic carbocycles. The molecule has 1 amide bonds. The van der Waals surface area contributed by atoms with E-state index in [1.54, 1.807) is 0 Å². The van der Waals surface area contributed by atoms with Gasteiger partial charge >= 0.3 is 0 Å². The van der Waals surface area contributed by atoms with Crippen LogP contribution in [0, 0.1) is 6.92 Å². The number of carbonyl (C=O) groups is 1. The first-order chi connectivity index (χ1) is 10.6. The summed E-state index contributed by atoms with van der Waals surface area (Å²) in [4.78, 5) is 16.3. The Balaban J connectivity index is 1.87. The van der Waals surface area contributed by atoms with Crippen molar-refractivity contribution < 1.29 is 4.79 Å². The van der Waals surface area contributed by atoms with Crippen LogP contribution in [0.3, 0.4) is 0 Å². The summed E-state index contributed by atoms with van der Waals surface area (Å²) in [5.41, 5.74) is 8.93. The minimum absolute atomic E-state index is 0.0102. The van der Waals surface area contributed by atoms with Crippen molar-refractivity contribution in [3.05, 3.63) is 47.2 Å². The van der Waals surface area contributed by atoms with E-state index < -0.39 is 0 Å². The van der Waals surface area contributed by atoms with Crippen molar-refractivity contribution in [2.24, 2.45) is 5.73 Å². The fourth-order valence-corrected chi connectivity index (χ4v) is 2.76. The van der Waals surface area contributed by atoms with Crippen LogP contribution in [0.5, 0.6) is 0 Å². The normalized spacial score (nSPS) is 16.1. The molecular weight excluding hydrogens is 274 g/mol. The molecule has 1 fully saturated rings. The number of likely N-dealkylation sites (tertiary alicyclic amines) is 1. The number of benzene rings is 1. The van der Waals surface area contributed by atoms with Gasteiger partial charge in [-0.25, -0.2) is 0 Å². The van der Waals surface area contributed by atoms with Gasteiger partial charge in [-0.1, -0.05) is 24.3 Å². The van der Waals surface area contributed by atoms with Gasteiger partial charge in [0.25, 0.3) is 5.91 Å². The van der Waals surface area contributed by atoms with Gasteiger partial charge in [-0.15, -0.1) is 0 Å². The predicted octanol–water partition coefficient (Wildman–Crippen LogP) is 2.28. The molecule has 4 heteroatoms. The van der Waals surface area contributed by atoms with Gasteiger partial charge in [-0.05, 0) is 50.4 Å². The van der Waals surface area contributed by atoms with Crippen LogP contribution in [0.4, 0.5) is 0 Å². The smallest absolute Gasteiger partial charge is 0.269 e. The summed E-state index contributed by atoms with van der Waals surface area (Å²) in [7, 11) is 2.04. The summed E-state index contributed by atoms with van der Waals surface area (Å²) < 4.78 is 0. The van der Waals surface area contributed by atoms with Crippen LogP contribution in [-0.4, -0.2) is 42.4 Å². The van der Waals surface area contributed by atoms with E-state index in [9.17, 15) is 4.79 Å². The van der Waals surface area contributed by atoms with Crippen LogP contribution < -0.4 is 5.73 Å². The highest BCUT2D eigenvalue weighted by atomic mass is 16.2. The highest BCUT2D eigenvalue weighted by Crippen LogP contribution is 2.11. The lowest BCUT2D eigenvalue weighted by Crippen LogP contribution is -2.38. The first-order valence-corrected chi connectivity index (χ1v) is 8.06. The van der Waals surface area contributed by atoms with E-state index in [-0.39, 0.29) is 5.91 Å². The first-order valence-electron chi connectivity index (χ1n) is 8.06. The standard InChI is InChI=1S/C18H27N3O/c1-15-8-4-5-9-16(15)14-20(2)13-10-17(19)18(22)21-11-6-3-7-12-21/h4-5,8-10H,3,6-7,11-14,19H2,1-2H3/b17-10-. The monoisotopic (exact) mass is 301 g/mol. The number of hydrogen-bond donors (Lipinski definition) is 1. The van der Waals surface area contributed by atoms with Crippen molar-refractivity contribution >= 4 is 5.91 Å². The second-order valence-corrected chi connectivity index (χ2v) is 6.14. The van der Waals surface area contributed by atoms with E-state index in [0.29, 0.717) is 12.2 Å². The molecule has 0 saturated carbocycles. The highest BCUT2D eigenvalue weighted by Gasteiger charge is 2.18. The number of hydrogen-bond acceptors (Lipinski definition) is 3. The van der Waals surface area contributed by atoms with Crippen LogP contribution in [-0.2, 0) is 11.3 Å². The Kier molecular flexibility index (Phi) is 6.01. The maximum absolute atomic E-state index is 12.2. The van der Waals surface area contributed by atoms with E-state index in [4.69, 9.17) is 5.73 Å². The minimum atomic E-state index is -0.0102. The van der Waals surface area contributed by atoms with Crippen molar-refractivity contribution in [1.29, 1.82) is 0 Å². The van der Waals surface area contributed by atoms with Gasteiger partial charge in [0.1, 0.15) is 0 Å². The zero-order valence-corrected chi connectivity index (χ0v) is 13.7. The molecule has 1 aromatic rings. The predicted molar refractivity (Wildman–Crippen MR) is 90.2 cm³/mol. The van der Waals surface area contributed by atoms with E-state index in [0.717, 1.165) is 32.5 Å². The second-order valence-electron chi connectivity index (χ2n) is 6.14. The average molecular weight is 301 g/mol. The Labute approximate surface area is 133 Å². The molecule has 0 atom stereocenters. The number of aryl methyl sites for hydroxylation is 1. The zero-order valence-electron chi connectivity index (χ0n) is 13.7. The molecule has 0 bridgehead atoms. The van der Waals surface area contributed by atoms with Gasteiger partial charge in [-0.2, -0.15) is 0 Å². The average Bonchev–Trinajstić information content (AvgIpc) is 2.55. The maximum atomic E-state index is 12.2. The third kappa shape index (κ3) is 4.60. The molecule has 1 saturated heterocycles. The number of nitrogens with zero attached hydrogens (tertiary/aromatic N) is 2. The second kappa shape index (κ2) is 7.99. The summed E-state index contributed by atoms with van der Waals surface area (Å²) in [5, 5.41) is 0. The van der Waals surface area contributed by atoms with Gasteiger partial charge in [0.05, 0.1) is 5.70 Å². The quantitative estimate of drug-likeness (QED) is 0.849. The Morgan fingerprint density at radius 1 is 1.27 bits per heavy atom. The Morgan fingerprint density at radius 3 is 2.64 bits per heavy atom. The molecule has 0 unspecified atom stereocenters. The molecule has 1 aromatic carbocycles. The summed E-state index contributed by atoms with van der Waals surface area (Å²) in [6.45, 7) is 5.33. The van der Waals surface area contributed by atoms with Crippen LogP contribution in [0.25, 0.3) is 0 Å². The van der Waals surface area contributed by atoms with Crippen molar-refractivity contribution in [3.8, 4) is 0 Å². The highest BCUT2D eigenvalue weighted by molar-refractivity contribution is 5.92. The van der Waals surface area contributed by atoms with Crippen molar-refractivity contribution in [3.63, 3.8) is 0 Å². The lowest BCUT2D eigenvalue weighted by Gasteiger charge is -2.26. The van der Waals surface area contributed by atoms with Crippen molar-refractivity contribution in [2.75, 3.05) is 26.7 Å². The number of amides is 1. The SMILES string of the molecule is Cc1ccccc1CN(C)C/C=C(\N)C(=O)N1CCCCC1. The number of carbonyl (C=O) groups excluding carboxylic acids is 1. The third-order valence-electron chi connectivity index (χ3n) is 4.21. The van der Waals surface area contributed by atoms with Crippen LogP contribution in [0.1, 0.15) is 30.4 Å². The Bertz CT molecular complexity index is 533. The summed E-state index contributed by atoms with van der Waals surface area (Å²) >= 11 is 0. The lowest BCUT2D eigenvalue weighted by molar-refractivity contribution is -0.128. The van der Waals surface area contributed by atoms with Crippen molar-refractivity contribution in [2.45, 2.75) is 32.7 Å². The fourth-order valence-electron chi connectivity index (χ4n) is 2.76. The molecule has 0 spiro atoms. The van der Waals surface area contributed by atoms with Gasteiger partial charge < -0.3 is 10.6 Å². The summed E-state index contributed by atoms with van der Waals surface area (Å²) in [6.07, 6.45) is 5.24. The maximum Gasteiger partial charge on any atom is 0.269 e. The van der Waals surface area contributed by atoms with Gasteiger partial charge in [0.15, 0.2) is 0 Å². The van der Waals surface area contributed by atoms with Crippen molar-refractivity contribution in [1.82, 2.24) is 9.80 Å². The van der Waals surface area contributed by atoms with Gasteiger partial charge in [-0.3, -0.25) is 9.69 Å². The van der Waals surface area contributed by atoms with Gasteiger partial charge in [0.2, 0.25) is 0 Å². The molecule has 1 heterocycles. The Morgan fingerprint density at radius 2 is 1.95 bits per heavy atom. The van der Waals surface area contributed by atoms with Gasteiger partial charge in [0, 0.05) is 26.2 Å². The minimum Gasteiger partial charge on any atom is -0.394 e. The molecule has 4 nitrogen and oxygen atoms in total. The molecule has 0 radical (unpaired) electrons. The first kappa shape index (κ1) is 16.6. The van der Waals surface area contributed by atoms with Crippen LogP contribution in [0.15, 0.2) is 36.0 Å². The molecule has 22 heavy (non-hydrogen) atoms. The molecule has 2 rings (SSSR count). The molecule has 1 aliphatic heterocycles. The van der Waals surface area contributed by atoms with Crippen LogP contribution >= 0.6 is 0 Å². The summed E-state index contributed by atoms with van der Waals surface area (Å²) in [5.74, 6) is -0.0102. The summed E-state index contributed by atoms with van der Waals surface area (Å²) in [6, 6.07) is 8.36. The molecule has 2 N–H and O–H groups in total. The number of piperidine rings is 1. The number of rotatable bonds is 5. The van der Waals surface area contributed by atoms with E-state index in [2.05, 4.69) is 30.0 Å². The molecular formula is C18H27N3O. The molecule has 120 valence electrons. The van der Waals surface area contributed by atoms with E-state index >= 15 is 0 Å². The Hall–Kier alpha value is -1.81. The number of likely N-dealkylation sites (N-methyl/N-ethyl adjacent to an activating group) is 1. The molecule has 0 aromatic heterocycles. The third-order valence-corrected chi connectivity index (χ3v) is 4.21. The number of nitrogens with two attached hydrogens (primary N) is 1. The van der Waals surface area contributed by atoms with E-state index in [1.165, 1.54) is 17.5 Å². The fraction of sp³-hybridized carbons (Fsp3) is 0.500.